The number of aliphatic hydroxyl groups is 1. The zero-order valence-corrected chi connectivity index (χ0v) is 11.3. The topological polar surface area (TPSA) is 41.3 Å². The van der Waals surface area contributed by atoms with Gasteiger partial charge < -0.3 is 14.6 Å². The minimum absolute atomic E-state index is 0.0104. The largest absolute Gasteiger partial charge is 0.388 e. The van der Waals surface area contributed by atoms with Gasteiger partial charge in [0.25, 0.3) is 0 Å². The van der Waals surface area contributed by atoms with E-state index in [1.807, 2.05) is 14.1 Å². The highest BCUT2D eigenvalue weighted by Gasteiger charge is 2.10. The van der Waals surface area contributed by atoms with Crippen molar-refractivity contribution in [2.75, 3.05) is 20.6 Å². The molecule has 4 nitrogen and oxygen atoms in total. The molecule has 0 amide bonds. The van der Waals surface area contributed by atoms with Crippen LogP contribution in [0.25, 0.3) is 11.0 Å². The first-order chi connectivity index (χ1) is 8.65. The Bertz CT molecular complexity index is 531. The monoisotopic (exact) mass is 247 g/mol. The lowest BCUT2D eigenvalue weighted by Crippen LogP contribution is -2.19. The first-order valence-corrected chi connectivity index (χ1v) is 6.39. The number of aromatic nitrogens is 2. The van der Waals surface area contributed by atoms with Gasteiger partial charge in [-0.1, -0.05) is 13.0 Å². The fraction of sp³-hybridized carbons (Fsp3) is 0.500. The lowest BCUT2D eigenvalue weighted by Gasteiger charge is -2.12. The molecule has 0 radical (unpaired) electrons. The number of imidazole rings is 1. The first kappa shape index (κ1) is 13.1. The maximum atomic E-state index is 9.41. The summed E-state index contributed by atoms with van der Waals surface area (Å²) in [7, 11) is 4.10. The number of benzene rings is 1. The fourth-order valence-electron chi connectivity index (χ4n) is 2.12. The van der Waals surface area contributed by atoms with Crippen molar-refractivity contribution >= 4 is 11.0 Å². The van der Waals surface area contributed by atoms with Crippen LogP contribution in [0.15, 0.2) is 18.2 Å². The lowest BCUT2D eigenvalue weighted by atomic mass is 10.1. The summed E-state index contributed by atoms with van der Waals surface area (Å²) in [5, 5.41) is 9.41. The molecule has 1 aromatic heterocycles. The Labute approximate surface area is 108 Å². The highest BCUT2D eigenvalue weighted by molar-refractivity contribution is 5.77. The van der Waals surface area contributed by atoms with Gasteiger partial charge in [-0.3, -0.25) is 0 Å². The van der Waals surface area contributed by atoms with Gasteiger partial charge in [-0.25, -0.2) is 4.98 Å². The van der Waals surface area contributed by atoms with Crippen LogP contribution in [-0.2, 0) is 19.6 Å². The van der Waals surface area contributed by atoms with E-state index < -0.39 is 0 Å². The SMILES string of the molecule is CCc1ccc2c(c1)nc(CO)n2CCN(C)C. The van der Waals surface area contributed by atoms with Crippen LogP contribution in [0.5, 0.6) is 0 Å². The second kappa shape index (κ2) is 5.50. The van der Waals surface area contributed by atoms with Gasteiger partial charge in [0.15, 0.2) is 0 Å². The molecular formula is C14H21N3O. The number of hydrogen-bond donors (Lipinski definition) is 1. The molecule has 1 N–H and O–H groups in total. The van der Waals surface area contributed by atoms with E-state index >= 15 is 0 Å². The van der Waals surface area contributed by atoms with Gasteiger partial charge in [-0.2, -0.15) is 0 Å². The Morgan fingerprint density at radius 3 is 2.72 bits per heavy atom. The van der Waals surface area contributed by atoms with Crippen LogP contribution in [0.1, 0.15) is 18.3 Å². The minimum atomic E-state index is -0.0104. The number of aryl methyl sites for hydroxylation is 1. The van der Waals surface area contributed by atoms with Gasteiger partial charge in [-0.05, 0) is 38.2 Å². The second-order valence-electron chi connectivity index (χ2n) is 4.82. The Morgan fingerprint density at radius 1 is 1.33 bits per heavy atom. The third-order valence-electron chi connectivity index (χ3n) is 3.21. The van der Waals surface area contributed by atoms with Crippen LogP contribution < -0.4 is 0 Å². The molecule has 4 heteroatoms. The second-order valence-corrected chi connectivity index (χ2v) is 4.82. The molecule has 98 valence electrons. The average molecular weight is 247 g/mol. The van der Waals surface area contributed by atoms with E-state index in [0.29, 0.717) is 0 Å². The van der Waals surface area contributed by atoms with Crippen molar-refractivity contribution in [3.63, 3.8) is 0 Å². The molecule has 0 aliphatic carbocycles. The molecule has 0 spiro atoms. The summed E-state index contributed by atoms with van der Waals surface area (Å²) in [5.41, 5.74) is 3.37. The highest BCUT2D eigenvalue weighted by Crippen LogP contribution is 2.18. The molecule has 18 heavy (non-hydrogen) atoms. The summed E-state index contributed by atoms with van der Waals surface area (Å²) in [4.78, 5) is 6.64. The Morgan fingerprint density at radius 2 is 2.11 bits per heavy atom. The van der Waals surface area contributed by atoms with Gasteiger partial charge in [0.05, 0.1) is 11.0 Å². The number of likely N-dealkylation sites (N-methyl/N-ethyl adjacent to an activating group) is 1. The molecule has 1 heterocycles. The molecule has 1 aromatic carbocycles. The zero-order chi connectivity index (χ0) is 13.1. The molecule has 0 unspecified atom stereocenters. The number of hydrogen-bond acceptors (Lipinski definition) is 3. The summed E-state index contributed by atoms with van der Waals surface area (Å²) in [5.74, 6) is 0.750. The molecule has 0 fully saturated rings. The summed E-state index contributed by atoms with van der Waals surface area (Å²) < 4.78 is 2.11. The van der Waals surface area contributed by atoms with E-state index in [4.69, 9.17) is 0 Å². The van der Waals surface area contributed by atoms with Crippen molar-refractivity contribution in [2.24, 2.45) is 0 Å². The summed E-state index contributed by atoms with van der Waals surface area (Å²) in [6.45, 7) is 3.92. The number of rotatable bonds is 5. The third kappa shape index (κ3) is 2.54. The van der Waals surface area contributed by atoms with Crippen LogP contribution in [0, 0.1) is 0 Å². The van der Waals surface area contributed by atoms with E-state index in [1.165, 1.54) is 5.56 Å². The van der Waals surface area contributed by atoms with Gasteiger partial charge >= 0.3 is 0 Å². The van der Waals surface area contributed by atoms with Gasteiger partial charge in [0, 0.05) is 13.1 Å². The predicted molar refractivity (Wildman–Crippen MR) is 73.6 cm³/mol. The van der Waals surface area contributed by atoms with Crippen LogP contribution >= 0.6 is 0 Å². The predicted octanol–water partition coefficient (Wildman–Crippen LogP) is 1.65. The number of nitrogens with zero attached hydrogens (tertiary/aromatic N) is 3. The normalized spacial score (nSPS) is 11.6. The van der Waals surface area contributed by atoms with Crippen molar-refractivity contribution < 1.29 is 5.11 Å². The van der Waals surface area contributed by atoms with Crippen LogP contribution in [0.4, 0.5) is 0 Å². The van der Waals surface area contributed by atoms with Gasteiger partial charge in [0.2, 0.25) is 0 Å². The molecule has 0 saturated carbocycles. The van der Waals surface area contributed by atoms with Crippen molar-refractivity contribution in [1.82, 2.24) is 14.5 Å². The standard InChI is InChI=1S/C14H21N3O/c1-4-11-5-6-13-12(9-11)15-14(10-18)17(13)8-7-16(2)3/h5-6,9,18H,4,7-8,10H2,1-3H3. The van der Waals surface area contributed by atoms with E-state index in [1.54, 1.807) is 0 Å². The fourth-order valence-corrected chi connectivity index (χ4v) is 2.12. The molecule has 0 saturated heterocycles. The maximum absolute atomic E-state index is 9.41. The van der Waals surface area contributed by atoms with E-state index in [-0.39, 0.29) is 6.61 Å². The molecule has 0 atom stereocenters. The summed E-state index contributed by atoms with van der Waals surface area (Å²) in [6, 6.07) is 6.36. The van der Waals surface area contributed by atoms with Crippen LogP contribution in [0.3, 0.4) is 0 Å². The molecule has 0 bridgehead atoms. The van der Waals surface area contributed by atoms with Gasteiger partial charge in [0.1, 0.15) is 12.4 Å². The van der Waals surface area contributed by atoms with Gasteiger partial charge in [-0.15, -0.1) is 0 Å². The Hall–Kier alpha value is -1.39. The summed E-state index contributed by atoms with van der Waals surface area (Å²) in [6.07, 6.45) is 1.01. The molecule has 2 aromatic rings. The first-order valence-electron chi connectivity index (χ1n) is 6.39. The molecular weight excluding hydrogens is 226 g/mol. The Balaban J connectivity index is 2.42. The van der Waals surface area contributed by atoms with E-state index in [0.717, 1.165) is 36.4 Å². The number of aliphatic hydroxyl groups excluding tert-OH is 1. The average Bonchev–Trinajstić information content (AvgIpc) is 2.72. The Kier molecular flexibility index (Phi) is 3.99. The minimum Gasteiger partial charge on any atom is -0.388 e. The van der Waals surface area contributed by atoms with Crippen LogP contribution in [0.2, 0.25) is 0 Å². The van der Waals surface area contributed by atoms with Crippen LogP contribution in [-0.4, -0.2) is 40.2 Å². The van der Waals surface area contributed by atoms with Crippen molar-refractivity contribution in [2.45, 2.75) is 26.5 Å². The quantitative estimate of drug-likeness (QED) is 0.873. The molecule has 0 aliphatic heterocycles. The third-order valence-corrected chi connectivity index (χ3v) is 3.21. The molecule has 0 aliphatic rings. The van der Waals surface area contributed by atoms with E-state index in [9.17, 15) is 5.11 Å². The lowest BCUT2D eigenvalue weighted by molar-refractivity contribution is 0.263. The summed E-state index contributed by atoms with van der Waals surface area (Å²) >= 11 is 0. The van der Waals surface area contributed by atoms with Crippen molar-refractivity contribution in [1.29, 1.82) is 0 Å². The smallest absolute Gasteiger partial charge is 0.135 e. The maximum Gasteiger partial charge on any atom is 0.135 e. The highest BCUT2D eigenvalue weighted by atomic mass is 16.3. The van der Waals surface area contributed by atoms with Crippen molar-refractivity contribution in [3.8, 4) is 0 Å². The van der Waals surface area contributed by atoms with Crippen molar-refractivity contribution in [3.05, 3.63) is 29.6 Å². The zero-order valence-electron chi connectivity index (χ0n) is 11.3. The molecule has 2 rings (SSSR count). The number of fused-ring (bicyclic) bond motifs is 1. The van der Waals surface area contributed by atoms with E-state index in [2.05, 4.69) is 39.6 Å².